The van der Waals surface area contributed by atoms with E-state index in [1.165, 1.54) is 18.3 Å². The number of aromatic carboxylic acids is 1. The van der Waals surface area contributed by atoms with Crippen LogP contribution in [0, 0.1) is 0 Å². The Labute approximate surface area is 111 Å². The fraction of sp³-hybridized carbons (Fsp3) is 0.455. The van der Waals surface area contributed by atoms with Crippen LogP contribution in [-0.2, 0) is 21.3 Å². The van der Waals surface area contributed by atoms with Crippen LogP contribution in [0.5, 0.6) is 0 Å². The number of rotatable bonds is 8. The molecular weight excluding hydrogens is 272 g/mol. The van der Waals surface area contributed by atoms with Crippen molar-refractivity contribution in [3.8, 4) is 0 Å². The van der Waals surface area contributed by atoms with Crippen LogP contribution >= 0.6 is 0 Å². The summed E-state index contributed by atoms with van der Waals surface area (Å²) in [7, 11) is -3.40. The number of pyridine rings is 1. The Morgan fingerprint density at radius 1 is 1.47 bits per heavy atom. The Morgan fingerprint density at radius 2 is 2.21 bits per heavy atom. The summed E-state index contributed by atoms with van der Waals surface area (Å²) >= 11 is 0. The van der Waals surface area contributed by atoms with Gasteiger partial charge in [0.15, 0.2) is 0 Å². The first-order valence-electron chi connectivity index (χ1n) is 5.68. The zero-order valence-corrected chi connectivity index (χ0v) is 11.3. The number of sulfonamides is 1. The second-order valence-electron chi connectivity index (χ2n) is 3.69. The molecule has 0 spiro atoms. The highest BCUT2D eigenvalue weighted by Gasteiger charge is 2.10. The van der Waals surface area contributed by atoms with Crippen LogP contribution in [0.1, 0.15) is 23.0 Å². The van der Waals surface area contributed by atoms with E-state index in [1.54, 1.807) is 6.92 Å². The highest BCUT2D eigenvalue weighted by molar-refractivity contribution is 7.89. The molecule has 2 N–H and O–H groups in total. The normalized spacial score (nSPS) is 11.4. The zero-order valence-electron chi connectivity index (χ0n) is 10.5. The topological polar surface area (TPSA) is 106 Å². The molecule has 0 atom stereocenters. The number of nitrogens with zero attached hydrogens (tertiary/aromatic N) is 1. The molecule has 0 fully saturated rings. The lowest BCUT2D eigenvalue weighted by atomic mass is 10.2. The minimum Gasteiger partial charge on any atom is -0.477 e. The Bertz CT molecular complexity index is 512. The van der Waals surface area contributed by atoms with Crippen molar-refractivity contribution in [3.63, 3.8) is 0 Å². The maximum Gasteiger partial charge on any atom is 0.354 e. The molecule has 0 aliphatic rings. The van der Waals surface area contributed by atoms with E-state index in [-0.39, 0.29) is 24.6 Å². The first-order valence-corrected chi connectivity index (χ1v) is 7.33. The number of nitrogens with one attached hydrogen (secondary N) is 1. The summed E-state index contributed by atoms with van der Waals surface area (Å²) in [5, 5.41) is 8.67. The van der Waals surface area contributed by atoms with Gasteiger partial charge in [0.25, 0.3) is 0 Å². The van der Waals surface area contributed by atoms with E-state index in [0.717, 1.165) is 0 Å². The molecule has 0 bridgehead atoms. The summed E-state index contributed by atoms with van der Waals surface area (Å²) in [5.41, 5.74) is 0.507. The van der Waals surface area contributed by atoms with Crippen molar-refractivity contribution in [2.24, 2.45) is 0 Å². The van der Waals surface area contributed by atoms with Gasteiger partial charge >= 0.3 is 5.97 Å². The summed E-state index contributed by atoms with van der Waals surface area (Å²) in [5.74, 6) is -1.23. The SMILES string of the molecule is CCOCCS(=O)(=O)NCc1ccc(C(=O)O)nc1. The predicted octanol–water partition coefficient (Wildman–Crippen LogP) is 0.236. The third-order valence-electron chi connectivity index (χ3n) is 2.24. The average molecular weight is 288 g/mol. The van der Waals surface area contributed by atoms with Gasteiger partial charge in [0.1, 0.15) is 5.69 Å². The van der Waals surface area contributed by atoms with Crippen molar-refractivity contribution < 1.29 is 23.1 Å². The molecule has 8 heteroatoms. The highest BCUT2D eigenvalue weighted by Crippen LogP contribution is 2.01. The minimum atomic E-state index is -3.40. The number of ether oxygens (including phenoxy) is 1. The van der Waals surface area contributed by atoms with Gasteiger partial charge in [-0.1, -0.05) is 6.07 Å². The standard InChI is InChI=1S/C11H16N2O5S/c1-2-18-5-6-19(16,17)13-8-9-3-4-10(11(14)15)12-7-9/h3-4,7,13H,2,5-6,8H2,1H3,(H,14,15). The van der Waals surface area contributed by atoms with E-state index in [4.69, 9.17) is 9.84 Å². The van der Waals surface area contributed by atoms with Crippen LogP contribution in [0.15, 0.2) is 18.3 Å². The summed E-state index contributed by atoms with van der Waals surface area (Å²) in [4.78, 5) is 14.3. The van der Waals surface area contributed by atoms with Crippen LogP contribution in [0.2, 0.25) is 0 Å². The molecule has 0 aliphatic carbocycles. The lowest BCUT2D eigenvalue weighted by molar-refractivity contribution is 0.0690. The van der Waals surface area contributed by atoms with Crippen LogP contribution in [0.3, 0.4) is 0 Å². The number of carboxylic acid groups (broad SMARTS) is 1. The quantitative estimate of drug-likeness (QED) is 0.664. The molecule has 106 valence electrons. The van der Waals surface area contributed by atoms with E-state index in [9.17, 15) is 13.2 Å². The Kier molecular flexibility index (Phi) is 5.87. The monoisotopic (exact) mass is 288 g/mol. The maximum absolute atomic E-state index is 11.5. The molecule has 1 heterocycles. The van der Waals surface area contributed by atoms with Gasteiger partial charge < -0.3 is 9.84 Å². The zero-order chi connectivity index (χ0) is 14.3. The van der Waals surface area contributed by atoms with Crippen molar-refractivity contribution >= 4 is 16.0 Å². The van der Waals surface area contributed by atoms with Gasteiger partial charge in [-0.05, 0) is 18.6 Å². The van der Waals surface area contributed by atoms with Gasteiger partial charge in [0.2, 0.25) is 10.0 Å². The lowest BCUT2D eigenvalue weighted by Crippen LogP contribution is -2.28. The molecule has 0 aromatic carbocycles. The Balaban J connectivity index is 2.49. The Hall–Kier alpha value is -1.51. The first-order chi connectivity index (χ1) is 8.94. The number of aromatic nitrogens is 1. The maximum atomic E-state index is 11.5. The summed E-state index contributed by atoms with van der Waals surface area (Å²) in [6.45, 7) is 2.47. The van der Waals surface area contributed by atoms with Gasteiger partial charge in [-0.25, -0.2) is 22.9 Å². The van der Waals surface area contributed by atoms with Crippen LogP contribution in [0.25, 0.3) is 0 Å². The second-order valence-corrected chi connectivity index (χ2v) is 5.62. The smallest absolute Gasteiger partial charge is 0.354 e. The van der Waals surface area contributed by atoms with E-state index in [2.05, 4.69) is 9.71 Å². The lowest BCUT2D eigenvalue weighted by Gasteiger charge is -2.06. The summed E-state index contributed by atoms with van der Waals surface area (Å²) < 4.78 is 30.5. The fourth-order valence-corrected chi connectivity index (χ4v) is 2.10. The fourth-order valence-electron chi connectivity index (χ4n) is 1.23. The van der Waals surface area contributed by atoms with E-state index in [0.29, 0.717) is 12.2 Å². The molecule has 0 saturated heterocycles. The molecule has 0 unspecified atom stereocenters. The molecule has 0 aliphatic heterocycles. The van der Waals surface area contributed by atoms with Crippen LogP contribution in [0.4, 0.5) is 0 Å². The van der Waals surface area contributed by atoms with E-state index in [1.807, 2.05) is 0 Å². The van der Waals surface area contributed by atoms with Crippen molar-refractivity contribution in [1.82, 2.24) is 9.71 Å². The molecule has 7 nitrogen and oxygen atoms in total. The Morgan fingerprint density at radius 3 is 2.74 bits per heavy atom. The largest absolute Gasteiger partial charge is 0.477 e. The molecule has 0 saturated carbocycles. The van der Waals surface area contributed by atoms with E-state index >= 15 is 0 Å². The van der Waals surface area contributed by atoms with Crippen LogP contribution in [-0.4, -0.2) is 43.4 Å². The summed E-state index contributed by atoms with van der Waals surface area (Å²) in [6.07, 6.45) is 1.33. The van der Waals surface area contributed by atoms with Crippen molar-refractivity contribution in [3.05, 3.63) is 29.6 Å². The number of carbonyl (C=O) groups is 1. The third-order valence-corrected chi connectivity index (χ3v) is 3.53. The van der Waals surface area contributed by atoms with Gasteiger partial charge in [-0.3, -0.25) is 0 Å². The van der Waals surface area contributed by atoms with Crippen molar-refractivity contribution in [2.45, 2.75) is 13.5 Å². The molecule has 19 heavy (non-hydrogen) atoms. The number of hydrogen-bond donors (Lipinski definition) is 2. The second kappa shape index (κ2) is 7.17. The molecule has 0 amide bonds. The summed E-state index contributed by atoms with van der Waals surface area (Å²) in [6, 6.07) is 2.84. The number of hydrogen-bond acceptors (Lipinski definition) is 5. The van der Waals surface area contributed by atoms with Gasteiger partial charge in [-0.15, -0.1) is 0 Å². The molecular formula is C11H16N2O5S. The third kappa shape index (κ3) is 5.77. The molecule has 1 aromatic heterocycles. The minimum absolute atomic E-state index is 0.0708. The van der Waals surface area contributed by atoms with Crippen molar-refractivity contribution in [2.75, 3.05) is 19.0 Å². The van der Waals surface area contributed by atoms with Gasteiger partial charge in [0.05, 0.1) is 12.4 Å². The molecule has 1 rings (SSSR count). The highest BCUT2D eigenvalue weighted by atomic mass is 32.2. The van der Waals surface area contributed by atoms with E-state index < -0.39 is 16.0 Å². The van der Waals surface area contributed by atoms with Gasteiger partial charge in [-0.2, -0.15) is 0 Å². The number of carboxylic acids is 1. The molecule has 1 aromatic rings. The van der Waals surface area contributed by atoms with Crippen molar-refractivity contribution in [1.29, 1.82) is 0 Å². The van der Waals surface area contributed by atoms with Crippen LogP contribution < -0.4 is 4.72 Å². The first kappa shape index (κ1) is 15.5. The average Bonchev–Trinajstić information content (AvgIpc) is 2.37. The van der Waals surface area contributed by atoms with Gasteiger partial charge in [0, 0.05) is 19.3 Å². The predicted molar refractivity (Wildman–Crippen MR) is 68.3 cm³/mol. The molecule has 0 radical (unpaired) electrons.